The van der Waals surface area contributed by atoms with Gasteiger partial charge in [0, 0.05) is 25.7 Å². The molecule has 0 aliphatic carbocycles. The molecule has 0 saturated carbocycles. The number of aliphatic hydroxyl groups excluding tert-OH is 1. The van der Waals surface area contributed by atoms with E-state index in [2.05, 4.69) is 48.5 Å². The minimum absolute atomic E-state index is 0.105. The molecule has 0 aliphatic heterocycles. The van der Waals surface area contributed by atoms with Crippen LogP contribution < -0.4 is 0 Å². The summed E-state index contributed by atoms with van der Waals surface area (Å²) >= 11 is 0. The summed E-state index contributed by atoms with van der Waals surface area (Å²) in [5, 5.41) is 10.6. The summed E-state index contributed by atoms with van der Waals surface area (Å²) in [5.41, 5.74) is 0. The number of ether oxygens (including phenoxy) is 4. The van der Waals surface area contributed by atoms with Gasteiger partial charge in [-0.2, -0.15) is 0 Å². The van der Waals surface area contributed by atoms with Gasteiger partial charge in [0.2, 0.25) is 0 Å². The van der Waals surface area contributed by atoms with Crippen LogP contribution in [0.1, 0.15) is 408 Å². The van der Waals surface area contributed by atoms with Gasteiger partial charge in [0.05, 0.1) is 26.4 Å². The van der Waals surface area contributed by atoms with E-state index in [1.165, 1.54) is 212 Å². The van der Waals surface area contributed by atoms with Gasteiger partial charge in [0.15, 0.2) is 12.2 Å². The molecule has 19 heteroatoms. The number of phosphoric ester groups is 2. The van der Waals surface area contributed by atoms with Crippen LogP contribution >= 0.6 is 15.6 Å². The normalized spacial score (nSPS) is 14.6. The van der Waals surface area contributed by atoms with E-state index in [1.807, 2.05) is 0 Å². The van der Waals surface area contributed by atoms with E-state index in [9.17, 15) is 43.2 Å². The van der Waals surface area contributed by atoms with Crippen molar-refractivity contribution in [1.29, 1.82) is 0 Å². The number of hydrogen-bond acceptors (Lipinski definition) is 15. The molecule has 98 heavy (non-hydrogen) atoms. The molecule has 3 N–H and O–H groups in total. The number of unbranched alkanes of at least 4 members (excludes halogenated alkanes) is 43. The molecule has 0 aromatic heterocycles. The van der Waals surface area contributed by atoms with Crippen molar-refractivity contribution >= 4 is 39.5 Å². The Bertz CT molecular complexity index is 1910. The monoisotopic (exact) mass is 1440 g/mol. The average Bonchev–Trinajstić information content (AvgIpc) is 1.15. The molecule has 7 atom stereocenters. The van der Waals surface area contributed by atoms with Crippen molar-refractivity contribution in [3.05, 3.63) is 0 Å². The molecule has 0 amide bonds. The molecule has 0 aliphatic rings. The lowest BCUT2D eigenvalue weighted by Gasteiger charge is -2.21. The molecular weight excluding hydrogens is 1280 g/mol. The second-order valence-corrected chi connectivity index (χ2v) is 32.3. The maximum Gasteiger partial charge on any atom is 0.472 e. The molecule has 17 nitrogen and oxygen atoms in total. The first-order chi connectivity index (χ1) is 47.3. The molecule has 0 fully saturated rings. The predicted molar refractivity (Wildman–Crippen MR) is 400 cm³/mol. The van der Waals surface area contributed by atoms with Gasteiger partial charge in [-0.25, -0.2) is 9.13 Å². The second kappa shape index (κ2) is 69.4. The Labute approximate surface area is 600 Å². The lowest BCUT2D eigenvalue weighted by Crippen LogP contribution is -2.30. The van der Waals surface area contributed by atoms with Crippen molar-refractivity contribution in [1.82, 2.24) is 0 Å². The van der Waals surface area contributed by atoms with Crippen LogP contribution in [-0.4, -0.2) is 96.7 Å². The molecule has 0 rings (SSSR count). The fraction of sp³-hybridized carbons (Fsp3) is 0.949. The molecule has 0 radical (unpaired) electrons. The quantitative estimate of drug-likeness (QED) is 0.0222. The van der Waals surface area contributed by atoms with Crippen LogP contribution in [0, 0.1) is 17.8 Å². The van der Waals surface area contributed by atoms with E-state index >= 15 is 0 Å². The lowest BCUT2D eigenvalue weighted by atomic mass is 9.99. The van der Waals surface area contributed by atoms with Gasteiger partial charge < -0.3 is 33.8 Å². The topological polar surface area (TPSA) is 237 Å². The molecule has 0 aromatic rings. The summed E-state index contributed by atoms with van der Waals surface area (Å²) in [6.45, 7) is 11.9. The Hall–Kier alpha value is -1.94. The third-order valence-corrected chi connectivity index (χ3v) is 21.0. The van der Waals surface area contributed by atoms with E-state index in [-0.39, 0.29) is 25.7 Å². The highest BCUT2D eigenvalue weighted by Crippen LogP contribution is 2.45. The Balaban J connectivity index is 5.25. The largest absolute Gasteiger partial charge is 0.472 e. The van der Waals surface area contributed by atoms with Crippen LogP contribution in [0.15, 0.2) is 0 Å². The molecular formula is C79H154O17P2. The third-order valence-electron chi connectivity index (χ3n) is 19.1. The van der Waals surface area contributed by atoms with E-state index in [0.717, 1.165) is 114 Å². The summed E-state index contributed by atoms with van der Waals surface area (Å²) < 4.78 is 68.6. The smallest absolute Gasteiger partial charge is 0.462 e. The van der Waals surface area contributed by atoms with E-state index in [0.29, 0.717) is 25.7 Å². The van der Waals surface area contributed by atoms with Gasteiger partial charge in [-0.05, 0) is 43.4 Å². The first-order valence-electron chi connectivity index (χ1n) is 40.9. The zero-order valence-electron chi connectivity index (χ0n) is 64.3. The molecule has 4 unspecified atom stereocenters. The summed E-state index contributed by atoms with van der Waals surface area (Å²) in [6.07, 6.45) is 56.8. The van der Waals surface area contributed by atoms with Gasteiger partial charge in [-0.1, -0.05) is 357 Å². The number of rotatable bonds is 77. The molecule has 0 heterocycles. The Morgan fingerprint density at radius 2 is 0.520 bits per heavy atom. The molecule has 0 aromatic carbocycles. The second-order valence-electron chi connectivity index (χ2n) is 29.4. The van der Waals surface area contributed by atoms with Gasteiger partial charge in [0.25, 0.3) is 0 Å². The van der Waals surface area contributed by atoms with Crippen LogP contribution in [0.5, 0.6) is 0 Å². The Morgan fingerprint density at radius 3 is 0.776 bits per heavy atom. The molecule has 582 valence electrons. The van der Waals surface area contributed by atoms with Gasteiger partial charge in [-0.3, -0.25) is 37.3 Å². The van der Waals surface area contributed by atoms with Crippen molar-refractivity contribution in [2.24, 2.45) is 17.8 Å². The van der Waals surface area contributed by atoms with E-state index in [4.69, 9.17) is 37.0 Å². The average molecular weight is 1440 g/mol. The Kier molecular flexibility index (Phi) is 68.1. The highest BCUT2D eigenvalue weighted by atomic mass is 31.2. The first kappa shape index (κ1) is 96.1. The van der Waals surface area contributed by atoms with Crippen LogP contribution in [0.2, 0.25) is 0 Å². The van der Waals surface area contributed by atoms with Crippen LogP contribution in [-0.2, 0) is 65.4 Å². The lowest BCUT2D eigenvalue weighted by molar-refractivity contribution is -0.161. The summed E-state index contributed by atoms with van der Waals surface area (Å²) in [6, 6.07) is 0. The number of phosphoric acid groups is 2. The van der Waals surface area contributed by atoms with Crippen molar-refractivity contribution in [2.75, 3.05) is 39.6 Å². The summed E-state index contributed by atoms with van der Waals surface area (Å²) in [4.78, 5) is 72.9. The minimum Gasteiger partial charge on any atom is -0.462 e. The first-order valence-corrected chi connectivity index (χ1v) is 43.9. The summed E-state index contributed by atoms with van der Waals surface area (Å²) in [5.74, 6) is 0.214. The maximum absolute atomic E-state index is 13.1. The molecule has 0 bridgehead atoms. The number of esters is 4. The van der Waals surface area contributed by atoms with E-state index in [1.54, 1.807) is 0 Å². The van der Waals surface area contributed by atoms with Gasteiger partial charge >= 0.3 is 39.5 Å². The fourth-order valence-corrected chi connectivity index (χ4v) is 13.6. The standard InChI is InChI=1S/C79H154O17P2/c1-8-11-12-13-14-15-16-17-18-19-20-24-27-33-38-46-53-60-76(81)89-66-74(95-78(83)62-55-48-39-34-28-25-22-21-23-26-32-37-44-51-58-71(6)9-2)68-93-97(85,86)91-64-73(80)65-92-98(87,88)94-69-75(67-90-77(82)61-54-47-42-41-45-52-59-72(7)10-3)96-79(84)63-56-49-40-35-30-29-31-36-43-50-57-70(4)5/h70-75,80H,8-69H2,1-7H3,(H,85,86)(H,87,88)/t71?,72?,73-,74-,75-/m1/s1. The fourth-order valence-electron chi connectivity index (χ4n) is 12.1. The van der Waals surface area contributed by atoms with Crippen molar-refractivity contribution in [3.63, 3.8) is 0 Å². The van der Waals surface area contributed by atoms with Crippen molar-refractivity contribution in [2.45, 2.75) is 426 Å². The zero-order valence-corrected chi connectivity index (χ0v) is 66.0. The van der Waals surface area contributed by atoms with Crippen LogP contribution in [0.4, 0.5) is 0 Å². The van der Waals surface area contributed by atoms with Crippen molar-refractivity contribution < 1.29 is 80.2 Å². The minimum atomic E-state index is -4.96. The SMILES string of the molecule is CCCCCCCCCCCCCCCCCCCC(=O)OC[C@H](COP(=O)(O)OC[C@@H](O)COP(=O)(O)OC[C@@H](COC(=O)CCCCCCCCC(C)CC)OC(=O)CCCCCCCCCCCCC(C)C)OC(=O)CCCCCCCCCCCCCCCCC(C)CC. The Morgan fingerprint density at radius 1 is 0.296 bits per heavy atom. The predicted octanol–water partition coefficient (Wildman–Crippen LogP) is 23.4. The van der Waals surface area contributed by atoms with E-state index < -0.39 is 97.5 Å². The third kappa shape index (κ3) is 69.8. The number of hydrogen-bond donors (Lipinski definition) is 3. The number of carbonyl (C=O) groups excluding carboxylic acids is 4. The maximum atomic E-state index is 13.1. The van der Waals surface area contributed by atoms with Crippen molar-refractivity contribution in [3.8, 4) is 0 Å². The highest BCUT2D eigenvalue weighted by molar-refractivity contribution is 7.47. The summed E-state index contributed by atoms with van der Waals surface area (Å²) in [7, 11) is -9.92. The van der Waals surface area contributed by atoms with Crippen LogP contribution in [0.3, 0.4) is 0 Å². The molecule has 0 saturated heterocycles. The van der Waals surface area contributed by atoms with Gasteiger partial charge in [0.1, 0.15) is 19.3 Å². The molecule has 0 spiro atoms. The van der Waals surface area contributed by atoms with Gasteiger partial charge in [-0.15, -0.1) is 0 Å². The zero-order chi connectivity index (χ0) is 72.3. The number of carbonyl (C=O) groups is 4. The number of aliphatic hydroxyl groups is 1. The highest BCUT2D eigenvalue weighted by Gasteiger charge is 2.30. The van der Waals surface area contributed by atoms with Crippen LogP contribution in [0.25, 0.3) is 0 Å².